The van der Waals surface area contributed by atoms with Crippen molar-refractivity contribution in [3.05, 3.63) is 41.2 Å². The highest BCUT2D eigenvalue weighted by Gasteiger charge is 2.41. The third-order valence-corrected chi connectivity index (χ3v) is 4.97. The topological polar surface area (TPSA) is 87.7 Å². The van der Waals surface area contributed by atoms with Gasteiger partial charge in [-0.2, -0.15) is 13.2 Å². The van der Waals surface area contributed by atoms with Gasteiger partial charge in [0.15, 0.2) is 0 Å². The summed E-state index contributed by atoms with van der Waals surface area (Å²) in [7, 11) is 1.53. The van der Waals surface area contributed by atoms with Gasteiger partial charge in [-0.05, 0) is 24.6 Å². The van der Waals surface area contributed by atoms with Gasteiger partial charge >= 0.3 is 6.18 Å². The van der Waals surface area contributed by atoms with Gasteiger partial charge < -0.3 is 9.64 Å². The Morgan fingerprint density at radius 2 is 2.07 bits per heavy atom. The van der Waals surface area contributed by atoms with Crippen molar-refractivity contribution in [2.45, 2.75) is 32.0 Å². The van der Waals surface area contributed by atoms with Crippen LogP contribution in [0.5, 0.6) is 5.75 Å². The number of ether oxygens (including phenoxy) is 1. The predicted octanol–water partition coefficient (Wildman–Crippen LogP) is 2.01. The van der Waals surface area contributed by atoms with Crippen LogP contribution in [-0.2, 0) is 22.2 Å². The molecule has 1 fully saturated rings. The highest BCUT2D eigenvalue weighted by Crippen LogP contribution is 2.32. The molecule has 0 saturated carbocycles. The molecule has 2 amide bonds. The van der Waals surface area contributed by atoms with E-state index in [1.165, 1.54) is 18.9 Å². The molecule has 2 aliphatic heterocycles. The summed E-state index contributed by atoms with van der Waals surface area (Å²) in [6.07, 6.45) is -4.13. The number of aryl methyl sites for hydroxylation is 1. The fraction of sp³-hybridized carbons (Fsp3) is 0.368. The first kappa shape index (κ1) is 19.9. The molecule has 1 aromatic carbocycles. The summed E-state index contributed by atoms with van der Waals surface area (Å²) >= 11 is 0. The Morgan fingerprint density at radius 3 is 2.80 bits per heavy atom. The zero-order chi connectivity index (χ0) is 21.6. The fourth-order valence-electron chi connectivity index (χ4n) is 3.43. The molecule has 1 N–H and O–H groups in total. The zero-order valence-electron chi connectivity index (χ0n) is 16.2. The number of nitrogens with zero attached hydrogens (tertiary/aromatic N) is 4. The van der Waals surface area contributed by atoms with Crippen LogP contribution < -0.4 is 20.1 Å². The predicted molar refractivity (Wildman–Crippen MR) is 99.8 cm³/mol. The molecule has 0 aliphatic carbocycles. The van der Waals surface area contributed by atoms with Crippen LogP contribution in [0.1, 0.15) is 23.4 Å². The number of aromatic nitrogens is 2. The number of carbonyl (C=O) groups excluding carboxylic acids is 2. The van der Waals surface area contributed by atoms with Crippen LogP contribution in [-0.4, -0.2) is 41.5 Å². The Kier molecular flexibility index (Phi) is 4.75. The van der Waals surface area contributed by atoms with Crippen LogP contribution in [0.15, 0.2) is 24.3 Å². The molecule has 0 radical (unpaired) electrons. The van der Waals surface area contributed by atoms with Crippen LogP contribution in [0, 0.1) is 6.92 Å². The Hall–Kier alpha value is -3.37. The molecule has 1 saturated heterocycles. The number of nitrogens with one attached hydrogen (secondary N) is 1. The van der Waals surface area contributed by atoms with E-state index in [-0.39, 0.29) is 12.1 Å². The summed E-state index contributed by atoms with van der Waals surface area (Å²) in [6.45, 7) is 1.95. The molecule has 158 valence electrons. The molecule has 2 aliphatic rings. The monoisotopic (exact) mass is 421 g/mol. The number of amides is 2. The number of fused-ring (bicyclic) bond motifs is 1. The second-order valence-corrected chi connectivity index (χ2v) is 7.10. The van der Waals surface area contributed by atoms with Crippen LogP contribution in [0.2, 0.25) is 0 Å². The van der Waals surface area contributed by atoms with Gasteiger partial charge in [-0.25, -0.2) is 15.0 Å². The van der Waals surface area contributed by atoms with Crippen molar-refractivity contribution in [1.29, 1.82) is 0 Å². The average Bonchev–Trinajstić information content (AvgIpc) is 3.31. The number of likely N-dealkylation sites (N-methyl/N-ethyl adjacent to an activating group) is 1. The Morgan fingerprint density at radius 1 is 1.30 bits per heavy atom. The first-order valence-electron chi connectivity index (χ1n) is 9.18. The van der Waals surface area contributed by atoms with E-state index >= 15 is 0 Å². The number of benzene rings is 1. The van der Waals surface area contributed by atoms with Crippen molar-refractivity contribution in [3.63, 3.8) is 0 Å². The Bertz CT molecular complexity index is 1030. The lowest BCUT2D eigenvalue weighted by molar-refractivity contribution is -0.141. The van der Waals surface area contributed by atoms with E-state index in [2.05, 4.69) is 15.4 Å². The second kappa shape index (κ2) is 7.15. The van der Waals surface area contributed by atoms with E-state index in [0.29, 0.717) is 18.0 Å². The van der Waals surface area contributed by atoms with Crippen LogP contribution in [0.4, 0.5) is 24.8 Å². The average molecular weight is 421 g/mol. The summed E-state index contributed by atoms with van der Waals surface area (Å²) in [5.41, 5.74) is 2.87. The number of hydrogen-bond acceptors (Lipinski definition) is 6. The summed E-state index contributed by atoms with van der Waals surface area (Å²) < 4.78 is 44.9. The SMILES string of the molecule is Cc1cc(C(F)(F)F)nc(N2NC(=O)CC2C(=O)N(C)c2ccc3c(c2)OCC3)n1. The van der Waals surface area contributed by atoms with E-state index in [4.69, 9.17) is 4.74 Å². The maximum absolute atomic E-state index is 13.1. The number of anilines is 2. The molecule has 1 aromatic heterocycles. The van der Waals surface area contributed by atoms with Gasteiger partial charge in [-0.3, -0.25) is 15.0 Å². The van der Waals surface area contributed by atoms with Gasteiger partial charge in [-0.1, -0.05) is 6.07 Å². The third kappa shape index (κ3) is 3.62. The van der Waals surface area contributed by atoms with E-state index in [0.717, 1.165) is 23.1 Å². The molecule has 8 nitrogen and oxygen atoms in total. The maximum Gasteiger partial charge on any atom is 0.433 e. The van der Waals surface area contributed by atoms with Crippen molar-refractivity contribution in [3.8, 4) is 5.75 Å². The molecule has 4 rings (SSSR count). The van der Waals surface area contributed by atoms with E-state index < -0.39 is 35.7 Å². The number of hydrazine groups is 1. The van der Waals surface area contributed by atoms with Crippen molar-refractivity contribution in [1.82, 2.24) is 15.4 Å². The van der Waals surface area contributed by atoms with Crippen LogP contribution in [0.3, 0.4) is 0 Å². The van der Waals surface area contributed by atoms with Crippen molar-refractivity contribution < 1.29 is 27.5 Å². The smallest absolute Gasteiger partial charge is 0.433 e. The minimum atomic E-state index is -4.69. The molecular weight excluding hydrogens is 403 g/mol. The number of carbonyl (C=O) groups is 2. The number of rotatable bonds is 3. The molecule has 1 unspecified atom stereocenters. The molecule has 3 heterocycles. The summed E-state index contributed by atoms with van der Waals surface area (Å²) in [6, 6.07) is 5.04. The van der Waals surface area contributed by atoms with Crippen LogP contribution >= 0.6 is 0 Å². The molecule has 0 spiro atoms. The number of alkyl halides is 3. The first-order chi connectivity index (χ1) is 14.1. The van der Waals surface area contributed by atoms with Gasteiger partial charge in [0.1, 0.15) is 17.5 Å². The lowest BCUT2D eigenvalue weighted by atomic mass is 10.1. The summed E-state index contributed by atoms with van der Waals surface area (Å²) in [5, 5.41) is 0.993. The van der Waals surface area contributed by atoms with Crippen molar-refractivity contribution >= 4 is 23.5 Å². The quantitative estimate of drug-likeness (QED) is 0.816. The minimum Gasteiger partial charge on any atom is -0.493 e. The van der Waals surface area contributed by atoms with E-state index in [1.807, 2.05) is 6.07 Å². The second-order valence-electron chi connectivity index (χ2n) is 7.10. The molecule has 1 atom stereocenters. The largest absolute Gasteiger partial charge is 0.493 e. The zero-order valence-corrected chi connectivity index (χ0v) is 16.2. The Balaban J connectivity index is 1.64. The van der Waals surface area contributed by atoms with Crippen LogP contribution in [0.25, 0.3) is 0 Å². The molecule has 0 bridgehead atoms. The van der Waals surface area contributed by atoms with Gasteiger partial charge in [0.2, 0.25) is 11.9 Å². The van der Waals surface area contributed by atoms with Gasteiger partial charge in [0.05, 0.1) is 13.0 Å². The maximum atomic E-state index is 13.1. The normalized spacial score (nSPS) is 18.1. The minimum absolute atomic E-state index is 0.0591. The molecular formula is C19H18F3N5O3. The van der Waals surface area contributed by atoms with Gasteiger partial charge in [-0.15, -0.1) is 0 Å². The van der Waals surface area contributed by atoms with E-state index in [1.54, 1.807) is 12.1 Å². The number of halogens is 3. The molecule has 2 aromatic rings. The van der Waals surface area contributed by atoms with Crippen molar-refractivity contribution in [2.24, 2.45) is 0 Å². The lowest BCUT2D eigenvalue weighted by Gasteiger charge is -2.27. The fourth-order valence-corrected chi connectivity index (χ4v) is 3.43. The van der Waals surface area contributed by atoms with Gasteiger partial charge in [0, 0.05) is 30.9 Å². The Labute approximate surface area is 169 Å². The summed E-state index contributed by atoms with van der Waals surface area (Å²) in [5.74, 6) is -0.721. The number of hydrogen-bond donors (Lipinski definition) is 1. The summed E-state index contributed by atoms with van der Waals surface area (Å²) in [4.78, 5) is 34.0. The highest BCUT2D eigenvalue weighted by atomic mass is 19.4. The first-order valence-corrected chi connectivity index (χ1v) is 9.18. The molecule has 30 heavy (non-hydrogen) atoms. The van der Waals surface area contributed by atoms with Crippen molar-refractivity contribution in [2.75, 3.05) is 23.6 Å². The molecule has 11 heteroatoms. The highest BCUT2D eigenvalue weighted by molar-refractivity contribution is 6.03. The standard InChI is InChI=1S/C19H18F3N5O3/c1-10-7-15(19(20,21)22)24-18(23-10)27-13(9-16(28)25-27)17(29)26(2)12-4-3-11-5-6-30-14(11)8-12/h3-4,7-8,13H,5-6,9H2,1-2H3,(H,25,28). The van der Waals surface area contributed by atoms with Gasteiger partial charge in [0.25, 0.3) is 5.91 Å². The van der Waals surface area contributed by atoms with E-state index in [9.17, 15) is 22.8 Å². The lowest BCUT2D eigenvalue weighted by Crippen LogP contribution is -2.48. The third-order valence-electron chi connectivity index (χ3n) is 4.97.